The van der Waals surface area contributed by atoms with E-state index in [1.165, 1.54) is 22.6 Å². The molecule has 2 nitrogen and oxygen atoms in total. The molecule has 0 aromatic heterocycles. The fraction of sp³-hybridized carbons (Fsp3) is 0.438. The number of anilines is 1. The van der Waals surface area contributed by atoms with Crippen LogP contribution in [0.25, 0.3) is 0 Å². The molecule has 0 unspecified atom stereocenters. The van der Waals surface area contributed by atoms with Crippen LogP contribution in [0.1, 0.15) is 38.2 Å². The molecule has 0 aliphatic carbocycles. The summed E-state index contributed by atoms with van der Waals surface area (Å²) in [5.74, 6) is 1.33. The first-order valence-electron chi connectivity index (χ1n) is 6.98. The smallest absolute Gasteiger partial charge is 0.224 e. The molecule has 3 heteroatoms. The SMILES string of the molecule is CCc1ccc(NC(=O)CCCC2=CCCS2)cc1. The molecule has 1 aliphatic heterocycles. The summed E-state index contributed by atoms with van der Waals surface area (Å²) in [6.07, 6.45) is 7.11. The summed E-state index contributed by atoms with van der Waals surface area (Å²) >= 11 is 1.93. The molecule has 0 saturated carbocycles. The van der Waals surface area contributed by atoms with Gasteiger partial charge in [0.25, 0.3) is 0 Å². The van der Waals surface area contributed by atoms with Crippen molar-refractivity contribution >= 4 is 23.4 Å². The van der Waals surface area contributed by atoms with Crippen LogP contribution in [0.4, 0.5) is 5.69 Å². The van der Waals surface area contributed by atoms with Crippen molar-refractivity contribution in [2.45, 2.75) is 39.0 Å². The van der Waals surface area contributed by atoms with E-state index >= 15 is 0 Å². The second-order valence-corrected chi connectivity index (χ2v) is 5.98. The number of rotatable bonds is 6. The second-order valence-electron chi connectivity index (χ2n) is 4.76. The Morgan fingerprint density at radius 2 is 2.11 bits per heavy atom. The Balaban J connectivity index is 1.70. The van der Waals surface area contributed by atoms with Crippen LogP contribution in [0.2, 0.25) is 0 Å². The summed E-state index contributed by atoms with van der Waals surface area (Å²) in [5.41, 5.74) is 2.19. The second kappa shape index (κ2) is 7.39. The van der Waals surface area contributed by atoms with E-state index < -0.39 is 0 Å². The fourth-order valence-corrected chi connectivity index (χ4v) is 3.14. The predicted octanol–water partition coefficient (Wildman–Crippen LogP) is 4.38. The van der Waals surface area contributed by atoms with Crippen LogP contribution in [0.15, 0.2) is 35.2 Å². The molecule has 1 aromatic carbocycles. The van der Waals surface area contributed by atoms with Crippen LogP contribution < -0.4 is 5.32 Å². The maximum Gasteiger partial charge on any atom is 0.224 e. The van der Waals surface area contributed by atoms with E-state index in [0.717, 1.165) is 24.9 Å². The molecule has 1 N–H and O–H groups in total. The number of thioether (sulfide) groups is 1. The Morgan fingerprint density at radius 1 is 1.32 bits per heavy atom. The number of allylic oxidation sites excluding steroid dienone is 2. The van der Waals surface area contributed by atoms with Crippen LogP contribution in [-0.4, -0.2) is 11.7 Å². The molecule has 0 radical (unpaired) electrons. The van der Waals surface area contributed by atoms with Crippen LogP contribution in [-0.2, 0) is 11.2 Å². The third kappa shape index (κ3) is 4.75. The number of hydrogen-bond donors (Lipinski definition) is 1. The van der Waals surface area contributed by atoms with Gasteiger partial charge in [-0.1, -0.05) is 25.1 Å². The summed E-state index contributed by atoms with van der Waals surface area (Å²) in [6.45, 7) is 2.13. The first-order chi connectivity index (χ1) is 9.28. The highest BCUT2D eigenvalue weighted by molar-refractivity contribution is 8.03. The van der Waals surface area contributed by atoms with Crippen molar-refractivity contribution in [3.63, 3.8) is 0 Å². The van der Waals surface area contributed by atoms with Gasteiger partial charge in [-0.25, -0.2) is 0 Å². The molecule has 1 amide bonds. The van der Waals surface area contributed by atoms with Gasteiger partial charge >= 0.3 is 0 Å². The highest BCUT2D eigenvalue weighted by Gasteiger charge is 2.07. The van der Waals surface area contributed by atoms with E-state index in [2.05, 4.69) is 30.4 Å². The van der Waals surface area contributed by atoms with Crippen molar-refractivity contribution in [2.75, 3.05) is 11.1 Å². The Morgan fingerprint density at radius 3 is 2.74 bits per heavy atom. The quantitative estimate of drug-likeness (QED) is 0.834. The zero-order valence-electron chi connectivity index (χ0n) is 11.4. The highest BCUT2D eigenvalue weighted by Crippen LogP contribution is 2.28. The third-order valence-electron chi connectivity index (χ3n) is 3.25. The van der Waals surface area contributed by atoms with E-state index in [0.29, 0.717) is 6.42 Å². The van der Waals surface area contributed by atoms with Gasteiger partial charge in [0.05, 0.1) is 0 Å². The lowest BCUT2D eigenvalue weighted by atomic mass is 10.1. The van der Waals surface area contributed by atoms with Gasteiger partial charge in [0.15, 0.2) is 0 Å². The lowest BCUT2D eigenvalue weighted by molar-refractivity contribution is -0.116. The van der Waals surface area contributed by atoms with E-state index in [1.54, 1.807) is 0 Å². The molecular formula is C16H21NOS. The fourth-order valence-electron chi connectivity index (χ4n) is 2.11. The Labute approximate surface area is 119 Å². The normalized spacial score (nSPS) is 14.3. The van der Waals surface area contributed by atoms with Gasteiger partial charge in [-0.2, -0.15) is 0 Å². The molecular weight excluding hydrogens is 254 g/mol. The Bertz CT molecular complexity index is 450. The van der Waals surface area contributed by atoms with E-state index in [-0.39, 0.29) is 5.91 Å². The first kappa shape index (κ1) is 14.2. The third-order valence-corrected chi connectivity index (χ3v) is 4.43. The van der Waals surface area contributed by atoms with Gasteiger partial charge in [0.2, 0.25) is 5.91 Å². The topological polar surface area (TPSA) is 29.1 Å². The maximum absolute atomic E-state index is 11.8. The zero-order valence-corrected chi connectivity index (χ0v) is 12.3. The van der Waals surface area contributed by atoms with Crippen molar-refractivity contribution < 1.29 is 4.79 Å². The van der Waals surface area contributed by atoms with Gasteiger partial charge < -0.3 is 5.32 Å². The maximum atomic E-state index is 11.8. The molecule has 0 saturated heterocycles. The number of amides is 1. The van der Waals surface area contributed by atoms with E-state index in [1.807, 2.05) is 23.9 Å². The average Bonchev–Trinajstić information content (AvgIpc) is 2.93. The van der Waals surface area contributed by atoms with Gasteiger partial charge in [0, 0.05) is 17.9 Å². The Kier molecular flexibility index (Phi) is 5.52. The summed E-state index contributed by atoms with van der Waals surface area (Å²) in [7, 11) is 0. The van der Waals surface area contributed by atoms with Crippen LogP contribution in [0.3, 0.4) is 0 Å². The standard InChI is InChI=1S/C16H21NOS/c1-2-13-8-10-14(11-9-13)17-16(18)7-3-5-15-6-4-12-19-15/h6,8-11H,2-5,7,12H2,1H3,(H,17,18). The van der Waals surface area contributed by atoms with Crippen molar-refractivity contribution in [1.82, 2.24) is 0 Å². The molecule has 0 fully saturated rings. The van der Waals surface area contributed by atoms with Crippen LogP contribution in [0, 0.1) is 0 Å². The van der Waals surface area contributed by atoms with Crippen molar-refractivity contribution in [3.8, 4) is 0 Å². The molecule has 0 spiro atoms. The largest absolute Gasteiger partial charge is 0.326 e. The lowest BCUT2D eigenvalue weighted by Crippen LogP contribution is -2.10. The minimum Gasteiger partial charge on any atom is -0.326 e. The molecule has 102 valence electrons. The van der Waals surface area contributed by atoms with Gasteiger partial charge in [0.1, 0.15) is 0 Å². The number of benzene rings is 1. The Hall–Kier alpha value is -1.22. The number of carbonyl (C=O) groups is 1. The summed E-state index contributed by atoms with van der Waals surface area (Å²) in [6, 6.07) is 8.09. The van der Waals surface area contributed by atoms with Crippen molar-refractivity contribution in [2.24, 2.45) is 0 Å². The molecule has 19 heavy (non-hydrogen) atoms. The molecule has 0 bridgehead atoms. The van der Waals surface area contributed by atoms with Crippen LogP contribution in [0.5, 0.6) is 0 Å². The molecule has 1 aliphatic rings. The van der Waals surface area contributed by atoms with Crippen molar-refractivity contribution in [3.05, 3.63) is 40.8 Å². The number of carbonyl (C=O) groups excluding carboxylic acids is 1. The van der Waals surface area contributed by atoms with Crippen molar-refractivity contribution in [1.29, 1.82) is 0 Å². The minimum absolute atomic E-state index is 0.118. The number of nitrogens with one attached hydrogen (secondary N) is 1. The molecule has 1 aromatic rings. The van der Waals surface area contributed by atoms with E-state index in [4.69, 9.17) is 0 Å². The van der Waals surface area contributed by atoms with Gasteiger partial charge in [-0.3, -0.25) is 4.79 Å². The molecule has 1 heterocycles. The molecule has 2 rings (SSSR count). The monoisotopic (exact) mass is 275 g/mol. The van der Waals surface area contributed by atoms with E-state index in [9.17, 15) is 4.79 Å². The number of aryl methyl sites for hydroxylation is 1. The van der Waals surface area contributed by atoms with Gasteiger partial charge in [-0.15, -0.1) is 11.8 Å². The molecule has 0 atom stereocenters. The zero-order chi connectivity index (χ0) is 13.5. The summed E-state index contributed by atoms with van der Waals surface area (Å²) < 4.78 is 0. The summed E-state index contributed by atoms with van der Waals surface area (Å²) in [4.78, 5) is 13.3. The van der Waals surface area contributed by atoms with Crippen LogP contribution >= 0.6 is 11.8 Å². The predicted molar refractivity (Wildman–Crippen MR) is 83.5 cm³/mol. The first-order valence-corrected chi connectivity index (χ1v) is 7.97. The lowest BCUT2D eigenvalue weighted by Gasteiger charge is -2.06. The average molecular weight is 275 g/mol. The minimum atomic E-state index is 0.118. The highest BCUT2D eigenvalue weighted by atomic mass is 32.2. The number of hydrogen-bond acceptors (Lipinski definition) is 2. The van der Waals surface area contributed by atoms with Gasteiger partial charge in [-0.05, 0) is 48.3 Å². The summed E-state index contributed by atoms with van der Waals surface area (Å²) in [5, 5.41) is 2.95.